The summed E-state index contributed by atoms with van der Waals surface area (Å²) in [4.78, 5) is 16.2. The van der Waals surface area contributed by atoms with Gasteiger partial charge in [0.1, 0.15) is 5.92 Å². The van der Waals surface area contributed by atoms with Gasteiger partial charge in [0.2, 0.25) is 10.0 Å². The van der Waals surface area contributed by atoms with Gasteiger partial charge in [-0.25, -0.2) is 18.1 Å². The third kappa shape index (κ3) is 3.23. The fourth-order valence-electron chi connectivity index (χ4n) is 1.94. The van der Waals surface area contributed by atoms with Crippen LogP contribution >= 0.6 is 11.3 Å². The molecule has 1 aromatic rings. The van der Waals surface area contributed by atoms with Gasteiger partial charge >= 0.3 is 5.97 Å². The van der Waals surface area contributed by atoms with E-state index in [1.54, 1.807) is 0 Å². The van der Waals surface area contributed by atoms with Gasteiger partial charge in [-0.05, 0) is 19.9 Å². The molecule has 0 spiro atoms. The molecule has 0 bridgehead atoms. The van der Waals surface area contributed by atoms with Crippen LogP contribution < -0.4 is 10.0 Å². The third-order valence-electron chi connectivity index (χ3n) is 2.97. The van der Waals surface area contributed by atoms with Gasteiger partial charge in [-0.2, -0.15) is 0 Å². The lowest BCUT2D eigenvalue weighted by atomic mass is 10.1. The zero-order chi connectivity index (χ0) is 14.0. The second-order valence-corrected chi connectivity index (χ2v) is 7.34. The Hall–Kier alpha value is -1.19. The van der Waals surface area contributed by atoms with E-state index in [4.69, 9.17) is 5.11 Å². The molecule has 0 aliphatic heterocycles. The zero-order valence-corrected chi connectivity index (χ0v) is 12.0. The number of nitrogens with zero attached hydrogens (tertiary/aromatic N) is 1. The third-order valence-corrected chi connectivity index (χ3v) is 5.43. The minimum Gasteiger partial charge on any atom is -0.481 e. The molecule has 2 rings (SSSR count). The fraction of sp³-hybridized carbons (Fsp3) is 0.600. The standard InChI is InChI=1S/C10H15N3O4S2/c1-11-19(16,17)5-4-12-10-13-8-6(9(14)15)2-3-7(8)18-10/h6,11H,2-5H2,1H3,(H,12,13)(H,14,15). The fourth-order valence-corrected chi connectivity index (χ4v) is 3.58. The van der Waals surface area contributed by atoms with E-state index in [2.05, 4.69) is 15.0 Å². The molecule has 1 aliphatic carbocycles. The lowest BCUT2D eigenvalue weighted by molar-refractivity contribution is -0.138. The van der Waals surface area contributed by atoms with Crippen molar-refractivity contribution in [3.05, 3.63) is 10.6 Å². The second-order valence-electron chi connectivity index (χ2n) is 4.21. The lowest BCUT2D eigenvalue weighted by Gasteiger charge is -2.04. The number of nitrogens with one attached hydrogen (secondary N) is 2. The number of carboxylic acids is 1. The average Bonchev–Trinajstić information content (AvgIpc) is 2.87. The number of carboxylic acid groups (broad SMARTS) is 1. The summed E-state index contributed by atoms with van der Waals surface area (Å²) in [6, 6.07) is 0. The maximum atomic E-state index is 11.2. The van der Waals surface area contributed by atoms with E-state index in [0.717, 1.165) is 11.3 Å². The van der Waals surface area contributed by atoms with Gasteiger partial charge in [0.15, 0.2) is 5.13 Å². The highest BCUT2D eigenvalue weighted by atomic mass is 32.2. The van der Waals surface area contributed by atoms with Crippen LogP contribution in [0.1, 0.15) is 22.9 Å². The summed E-state index contributed by atoms with van der Waals surface area (Å²) in [6.45, 7) is 0.243. The molecule has 1 unspecified atom stereocenters. The van der Waals surface area contributed by atoms with Gasteiger partial charge < -0.3 is 10.4 Å². The van der Waals surface area contributed by atoms with E-state index < -0.39 is 21.9 Å². The van der Waals surface area contributed by atoms with Crippen molar-refractivity contribution >= 4 is 32.5 Å². The van der Waals surface area contributed by atoms with E-state index in [0.29, 0.717) is 17.2 Å². The minimum atomic E-state index is -3.24. The van der Waals surface area contributed by atoms with E-state index in [1.165, 1.54) is 18.4 Å². The highest BCUT2D eigenvalue weighted by molar-refractivity contribution is 7.89. The first-order valence-corrected chi connectivity index (χ1v) is 8.27. The van der Waals surface area contributed by atoms with E-state index >= 15 is 0 Å². The lowest BCUT2D eigenvalue weighted by Crippen LogP contribution is -2.26. The first-order valence-electron chi connectivity index (χ1n) is 5.80. The van der Waals surface area contributed by atoms with Crippen molar-refractivity contribution in [2.24, 2.45) is 0 Å². The summed E-state index contributed by atoms with van der Waals surface area (Å²) in [5.41, 5.74) is 0.622. The molecule has 1 aliphatic rings. The first-order chi connectivity index (χ1) is 8.93. The maximum absolute atomic E-state index is 11.2. The van der Waals surface area contributed by atoms with E-state index in [9.17, 15) is 13.2 Å². The minimum absolute atomic E-state index is 0.0455. The predicted octanol–water partition coefficient (Wildman–Crippen LogP) is 0.219. The molecule has 1 atom stereocenters. The Bertz CT molecular complexity index is 582. The van der Waals surface area contributed by atoms with Gasteiger partial charge in [0.05, 0.1) is 11.4 Å². The summed E-state index contributed by atoms with van der Waals surface area (Å²) < 4.78 is 24.7. The Labute approximate surface area is 115 Å². The Morgan fingerprint density at radius 2 is 2.32 bits per heavy atom. The summed E-state index contributed by atoms with van der Waals surface area (Å²) in [6.07, 6.45) is 1.32. The van der Waals surface area contributed by atoms with Gasteiger partial charge in [-0.15, -0.1) is 11.3 Å². The summed E-state index contributed by atoms with van der Waals surface area (Å²) >= 11 is 1.40. The van der Waals surface area contributed by atoms with Crippen LogP contribution in [-0.4, -0.2) is 43.8 Å². The van der Waals surface area contributed by atoms with Crippen LogP contribution in [-0.2, 0) is 21.2 Å². The molecule has 0 radical (unpaired) electrons. The number of carbonyl (C=O) groups is 1. The van der Waals surface area contributed by atoms with E-state index in [1.807, 2.05) is 0 Å². The van der Waals surface area contributed by atoms with Crippen molar-refractivity contribution in [3.63, 3.8) is 0 Å². The highest BCUT2D eigenvalue weighted by Crippen LogP contribution is 2.38. The number of aryl methyl sites for hydroxylation is 1. The highest BCUT2D eigenvalue weighted by Gasteiger charge is 2.32. The molecular formula is C10H15N3O4S2. The van der Waals surface area contributed by atoms with Crippen molar-refractivity contribution in [2.45, 2.75) is 18.8 Å². The topological polar surface area (TPSA) is 108 Å². The Kier molecular flexibility index (Phi) is 4.07. The number of aliphatic carboxylic acids is 1. The van der Waals surface area contributed by atoms with Crippen molar-refractivity contribution in [1.29, 1.82) is 0 Å². The van der Waals surface area contributed by atoms with Crippen LogP contribution in [0, 0.1) is 0 Å². The number of rotatable bonds is 6. The molecule has 0 fully saturated rings. The van der Waals surface area contributed by atoms with Gasteiger partial charge in [0, 0.05) is 11.4 Å². The SMILES string of the molecule is CNS(=O)(=O)CCNc1nc2c(s1)CCC2C(=O)O. The Balaban J connectivity index is 1.97. The number of hydrogen-bond donors (Lipinski definition) is 3. The normalized spacial score (nSPS) is 18.3. The molecular weight excluding hydrogens is 290 g/mol. The maximum Gasteiger partial charge on any atom is 0.312 e. The van der Waals surface area contributed by atoms with Crippen molar-refractivity contribution < 1.29 is 18.3 Å². The van der Waals surface area contributed by atoms with Crippen LogP contribution in [0.3, 0.4) is 0 Å². The number of sulfonamides is 1. The number of thiazole rings is 1. The molecule has 0 saturated heterocycles. The zero-order valence-electron chi connectivity index (χ0n) is 10.3. The van der Waals surface area contributed by atoms with Crippen LogP contribution in [0.4, 0.5) is 5.13 Å². The largest absolute Gasteiger partial charge is 0.481 e. The molecule has 9 heteroatoms. The molecule has 7 nitrogen and oxygen atoms in total. The van der Waals surface area contributed by atoms with Gasteiger partial charge in [-0.3, -0.25) is 4.79 Å². The molecule has 1 aromatic heterocycles. The summed E-state index contributed by atoms with van der Waals surface area (Å²) in [5, 5.41) is 12.5. The average molecular weight is 305 g/mol. The molecule has 1 heterocycles. The number of hydrogen-bond acceptors (Lipinski definition) is 6. The van der Waals surface area contributed by atoms with Crippen molar-refractivity contribution in [1.82, 2.24) is 9.71 Å². The first kappa shape index (κ1) is 14.2. The molecule has 0 aromatic carbocycles. The summed E-state index contributed by atoms with van der Waals surface area (Å²) in [5.74, 6) is -1.42. The van der Waals surface area contributed by atoms with Crippen LogP contribution in [0.2, 0.25) is 0 Å². The number of aromatic nitrogens is 1. The Morgan fingerprint density at radius 1 is 1.58 bits per heavy atom. The second kappa shape index (κ2) is 5.43. The number of anilines is 1. The molecule has 19 heavy (non-hydrogen) atoms. The summed E-state index contributed by atoms with van der Waals surface area (Å²) in [7, 11) is -1.87. The van der Waals surface area contributed by atoms with Gasteiger partial charge in [-0.1, -0.05) is 0 Å². The van der Waals surface area contributed by atoms with Crippen LogP contribution in [0.5, 0.6) is 0 Å². The number of fused-ring (bicyclic) bond motifs is 1. The molecule has 106 valence electrons. The predicted molar refractivity (Wildman–Crippen MR) is 72.1 cm³/mol. The van der Waals surface area contributed by atoms with Gasteiger partial charge in [0.25, 0.3) is 0 Å². The smallest absolute Gasteiger partial charge is 0.312 e. The molecule has 3 N–H and O–H groups in total. The van der Waals surface area contributed by atoms with Crippen molar-refractivity contribution in [2.75, 3.05) is 24.7 Å². The van der Waals surface area contributed by atoms with Crippen LogP contribution in [0.15, 0.2) is 0 Å². The Morgan fingerprint density at radius 3 is 2.95 bits per heavy atom. The molecule has 0 amide bonds. The van der Waals surface area contributed by atoms with E-state index in [-0.39, 0.29) is 12.3 Å². The molecule has 0 saturated carbocycles. The monoisotopic (exact) mass is 305 g/mol. The van der Waals surface area contributed by atoms with Crippen molar-refractivity contribution in [3.8, 4) is 0 Å². The van der Waals surface area contributed by atoms with Crippen LogP contribution in [0.25, 0.3) is 0 Å². The quantitative estimate of drug-likeness (QED) is 0.694.